The quantitative estimate of drug-likeness (QED) is 0.290. The molecule has 0 rings (SSSR count). The molecule has 0 aliphatic carbocycles. The molecule has 0 radical (unpaired) electrons. The molecule has 0 aliphatic rings. The SMILES string of the molecule is C=C[CH2][Pd]([PH2])([Br])([CH](C)C)([CH](C)C)[CH](C)C. The molecule has 98 valence electrons. The molecule has 0 heterocycles. The van der Waals surface area contributed by atoms with Gasteiger partial charge in [-0.15, -0.1) is 0 Å². The van der Waals surface area contributed by atoms with E-state index in [-0.39, 0.29) is 0 Å². The van der Waals surface area contributed by atoms with Crippen LogP contribution in [0.5, 0.6) is 0 Å². The fourth-order valence-corrected chi connectivity index (χ4v) is 13.1. The second-order valence-electron chi connectivity index (χ2n) is 4.75. The normalized spacial score (nSPS) is 18.1. The third-order valence-electron chi connectivity index (χ3n) is 3.52. The maximum absolute atomic E-state index is 4.30. The van der Waals surface area contributed by atoms with Crippen molar-refractivity contribution >= 4 is 20.9 Å². The minimum absolute atomic E-state index is 0.663. The van der Waals surface area contributed by atoms with Crippen LogP contribution >= 0.6 is 20.9 Å². The van der Waals surface area contributed by atoms with Crippen molar-refractivity contribution < 1.29 is 10.6 Å². The Kier molecular flexibility index (Phi) is 4.57. The summed E-state index contributed by atoms with van der Waals surface area (Å²) in [7, 11) is 0.366. The van der Waals surface area contributed by atoms with Gasteiger partial charge in [0.15, 0.2) is 0 Å². The standard InChI is InChI=1S/3C3H7.C3H5.BrH.H2P.Pd/c4*1-3-2;;;/h3*3H,1-2H3;3H,1-2H2;1H;1H2;/q;;;;;-1;+2/p-1. The van der Waals surface area contributed by atoms with E-state index in [0.29, 0.717) is 13.2 Å². The van der Waals surface area contributed by atoms with Crippen LogP contribution in [-0.2, 0) is 10.6 Å². The second-order valence-corrected chi connectivity index (χ2v) is 36.7. The Labute approximate surface area is 103 Å². The van der Waals surface area contributed by atoms with Gasteiger partial charge >= 0.3 is 104 Å². The number of allylic oxidation sites excluding steroid dienone is 1. The number of hydrogen-bond acceptors (Lipinski definition) is 0. The van der Waals surface area contributed by atoms with Gasteiger partial charge in [-0.1, -0.05) is 0 Å². The van der Waals surface area contributed by atoms with Crippen molar-refractivity contribution in [3.05, 3.63) is 12.7 Å². The summed E-state index contributed by atoms with van der Waals surface area (Å²) >= 11 is 4.30. The van der Waals surface area contributed by atoms with Crippen LogP contribution in [0.4, 0.5) is 0 Å². The van der Waals surface area contributed by atoms with E-state index in [1.807, 2.05) is 0 Å². The van der Waals surface area contributed by atoms with Gasteiger partial charge in [0.25, 0.3) is 0 Å². The topological polar surface area (TPSA) is 0 Å². The van der Waals surface area contributed by atoms with E-state index in [0.717, 1.165) is 4.89 Å². The fraction of sp³-hybridized carbons (Fsp3) is 0.833. The predicted octanol–water partition coefficient (Wildman–Crippen LogP) is 6.40. The molecular formula is C12H28BrPPd. The first-order valence-electron chi connectivity index (χ1n) is 5.35. The molecule has 0 saturated carbocycles. The molecule has 0 amide bonds. The molecule has 0 aromatic rings. The molecule has 0 aromatic carbocycles. The molecule has 1 unspecified atom stereocenters. The van der Waals surface area contributed by atoms with Crippen molar-refractivity contribution in [3.63, 3.8) is 0 Å². The van der Waals surface area contributed by atoms with Crippen molar-refractivity contribution in [1.29, 1.82) is 0 Å². The Morgan fingerprint density at radius 2 is 1.33 bits per heavy atom. The zero-order chi connectivity index (χ0) is 12.6. The molecule has 0 bridgehead atoms. The molecule has 0 N–H and O–H groups in total. The molecule has 1 atom stereocenters. The van der Waals surface area contributed by atoms with Crippen molar-refractivity contribution in [3.8, 4) is 0 Å². The number of hydrogen-bond donors (Lipinski definition) is 0. The predicted molar refractivity (Wildman–Crippen MR) is 78.9 cm³/mol. The van der Waals surface area contributed by atoms with E-state index in [1.54, 1.807) is 0 Å². The summed E-state index contributed by atoms with van der Waals surface area (Å²) in [5.74, 6) is 0. The summed E-state index contributed by atoms with van der Waals surface area (Å²) in [4.78, 5) is 1.11. The van der Waals surface area contributed by atoms with Crippen molar-refractivity contribution in [1.82, 2.24) is 0 Å². The Hall–Kier alpha value is 1.31. The van der Waals surface area contributed by atoms with Crippen LogP contribution in [0.15, 0.2) is 12.7 Å². The summed E-state index contributed by atoms with van der Waals surface area (Å²) in [6, 6.07) is 0. The van der Waals surface area contributed by atoms with E-state index in [4.69, 9.17) is 0 Å². The molecule has 0 fully saturated rings. The molecule has 0 aliphatic heterocycles. The van der Waals surface area contributed by atoms with Crippen molar-refractivity contribution in [2.75, 3.05) is 0 Å². The van der Waals surface area contributed by atoms with Crippen LogP contribution in [0, 0.1) is 0 Å². The first-order chi connectivity index (χ1) is 6.48. The molecular weight excluding hydrogens is 361 g/mol. The van der Waals surface area contributed by atoms with Gasteiger partial charge in [-0.25, -0.2) is 0 Å². The third kappa shape index (κ3) is 1.95. The molecule has 0 aromatic heterocycles. The maximum atomic E-state index is 4.30. The van der Waals surface area contributed by atoms with Gasteiger partial charge in [0.2, 0.25) is 0 Å². The summed E-state index contributed by atoms with van der Waals surface area (Å²) in [5.41, 5.74) is 0. The van der Waals surface area contributed by atoms with Gasteiger partial charge in [-0.2, -0.15) is 0 Å². The van der Waals surface area contributed by atoms with Gasteiger partial charge in [0.05, 0.1) is 0 Å². The van der Waals surface area contributed by atoms with E-state index in [1.165, 1.54) is 0 Å². The van der Waals surface area contributed by atoms with Gasteiger partial charge in [0.1, 0.15) is 0 Å². The Morgan fingerprint density at radius 3 is 1.40 bits per heavy atom. The zero-order valence-electron chi connectivity index (χ0n) is 11.0. The zero-order valence-corrected chi connectivity index (χ0v) is 15.3. The van der Waals surface area contributed by atoms with Crippen LogP contribution in [0.2, 0.25) is 18.1 Å². The van der Waals surface area contributed by atoms with Gasteiger partial charge < -0.3 is 0 Å². The molecule has 0 nitrogen and oxygen atoms in total. The minimum atomic E-state index is -2.94. The van der Waals surface area contributed by atoms with Gasteiger partial charge in [0, 0.05) is 0 Å². The number of halogens is 1. The second kappa shape index (κ2) is 4.20. The van der Waals surface area contributed by atoms with Crippen LogP contribution in [-0.4, -0.2) is 0 Å². The van der Waals surface area contributed by atoms with Crippen molar-refractivity contribution in [2.24, 2.45) is 0 Å². The average molecular weight is 390 g/mol. The van der Waals surface area contributed by atoms with Gasteiger partial charge in [-0.3, -0.25) is 0 Å². The monoisotopic (exact) mass is 388 g/mol. The Morgan fingerprint density at radius 1 is 1.07 bits per heavy atom. The van der Waals surface area contributed by atoms with Crippen LogP contribution in [0.3, 0.4) is 0 Å². The summed E-state index contributed by atoms with van der Waals surface area (Å²) in [5, 5.41) is 0. The van der Waals surface area contributed by atoms with Crippen LogP contribution in [0.25, 0.3) is 0 Å². The van der Waals surface area contributed by atoms with Crippen LogP contribution < -0.4 is 0 Å². The Bertz CT molecular complexity index is 236. The van der Waals surface area contributed by atoms with Crippen LogP contribution in [0.1, 0.15) is 41.5 Å². The van der Waals surface area contributed by atoms with Crippen molar-refractivity contribution in [2.45, 2.75) is 59.6 Å². The fourth-order valence-electron chi connectivity index (χ4n) is 1.96. The molecule has 0 spiro atoms. The third-order valence-corrected chi connectivity index (χ3v) is 40.7. The summed E-state index contributed by atoms with van der Waals surface area (Å²) < 4.78 is 1.99. The first kappa shape index (κ1) is 16.3. The van der Waals surface area contributed by atoms with E-state index < -0.39 is 10.6 Å². The molecule has 15 heavy (non-hydrogen) atoms. The first-order valence-corrected chi connectivity index (χ1v) is 15.8. The summed E-state index contributed by atoms with van der Waals surface area (Å²) in [6.45, 7) is 18.1. The molecule has 3 heteroatoms. The van der Waals surface area contributed by atoms with E-state index in [2.05, 4.69) is 75.1 Å². The average Bonchev–Trinajstić information content (AvgIpc) is 2.04. The Balaban J connectivity index is 6.03. The molecule has 0 saturated heterocycles. The summed E-state index contributed by atoms with van der Waals surface area (Å²) in [6.07, 6.45) is 2.11. The van der Waals surface area contributed by atoms with E-state index >= 15 is 0 Å². The number of rotatable bonds is 5. The van der Waals surface area contributed by atoms with E-state index in [9.17, 15) is 0 Å². The van der Waals surface area contributed by atoms with Gasteiger partial charge in [-0.05, 0) is 0 Å².